The minimum atomic E-state index is -0.964. The van der Waals surface area contributed by atoms with E-state index in [1.165, 1.54) is 24.3 Å². The van der Waals surface area contributed by atoms with Crippen LogP contribution in [-0.2, 0) is 20.3 Å². The molecular formula is C90H76F4N2O4. The lowest BCUT2D eigenvalue weighted by Gasteiger charge is -2.40. The third-order valence-corrected chi connectivity index (χ3v) is 21.9. The molecule has 4 aliphatic rings. The first-order valence-electron chi connectivity index (χ1n) is 34.6. The van der Waals surface area contributed by atoms with Crippen LogP contribution < -0.4 is 19.3 Å². The molecule has 2 saturated heterocycles. The van der Waals surface area contributed by atoms with E-state index in [0.717, 1.165) is 147 Å². The number of anilines is 6. The summed E-state index contributed by atoms with van der Waals surface area (Å²) in [6.07, 6.45) is 1.94. The molecule has 100 heavy (non-hydrogen) atoms. The van der Waals surface area contributed by atoms with Gasteiger partial charge in [0.25, 0.3) is 0 Å². The second kappa shape index (κ2) is 25.3. The van der Waals surface area contributed by atoms with Crippen LogP contribution >= 0.6 is 0 Å². The van der Waals surface area contributed by atoms with E-state index in [2.05, 4.69) is 211 Å². The standard InChI is InChI=1S/C90H76F4N2O4/c1-7-87(51-97-52-87)55-99-71-37-25-63(26-38-71)89(79-45-57(3)17-19-59(79)5)77-15-11-9-13-73(77)75-41-33-67(47-81(75)89)95(69-35-43-83(91)85(93)49-69)65-29-21-61(22-30-65)62-23-31-66(32-24-62)96(70-36-44-84(92)86(94)50-70)68-34-42-76-74-14-10-12-16-78(74)90(82(76)48-68,80-46-58(4)18-20-60(80)6)64-27-39-72(40-28-64)100-56-88(8-2)53-98-54-88/h9-50H,7-8,51-56H2,1-6H3. The molecule has 0 bridgehead atoms. The van der Waals surface area contributed by atoms with Crippen LogP contribution in [0.25, 0.3) is 33.4 Å². The van der Waals surface area contributed by atoms with E-state index >= 15 is 17.6 Å². The van der Waals surface area contributed by atoms with Gasteiger partial charge in [-0.1, -0.05) is 171 Å². The maximum absolute atomic E-state index is 15.8. The summed E-state index contributed by atoms with van der Waals surface area (Å²) in [5.74, 6) is -2.24. The van der Waals surface area contributed by atoms with Crippen LogP contribution in [0.5, 0.6) is 11.5 Å². The van der Waals surface area contributed by atoms with Crippen LogP contribution in [0.1, 0.15) is 93.5 Å². The van der Waals surface area contributed by atoms with Crippen molar-refractivity contribution in [3.05, 3.63) is 345 Å². The lowest BCUT2D eigenvalue weighted by Crippen LogP contribution is -2.46. The smallest absolute Gasteiger partial charge is 0.160 e. The van der Waals surface area contributed by atoms with Gasteiger partial charge in [0.1, 0.15) is 11.5 Å². The highest BCUT2D eigenvalue weighted by molar-refractivity contribution is 5.92. The Morgan fingerprint density at radius 2 is 0.680 bits per heavy atom. The Kier molecular flexibility index (Phi) is 16.3. The average Bonchev–Trinajstić information content (AvgIpc) is 1.53. The highest BCUT2D eigenvalue weighted by Gasteiger charge is 2.50. The Balaban J connectivity index is 0.779. The fourth-order valence-electron chi connectivity index (χ4n) is 16.0. The van der Waals surface area contributed by atoms with Crippen LogP contribution in [0.3, 0.4) is 0 Å². The summed E-state index contributed by atoms with van der Waals surface area (Å²) in [7, 11) is 0. The summed E-state index contributed by atoms with van der Waals surface area (Å²) in [4.78, 5) is 3.97. The molecule has 10 heteroatoms. The van der Waals surface area contributed by atoms with Crippen molar-refractivity contribution in [1.29, 1.82) is 0 Å². The molecule has 2 heterocycles. The van der Waals surface area contributed by atoms with Crippen LogP contribution in [0, 0.1) is 61.8 Å². The van der Waals surface area contributed by atoms with Gasteiger partial charge in [-0.15, -0.1) is 0 Å². The molecule has 498 valence electrons. The van der Waals surface area contributed by atoms with E-state index in [-0.39, 0.29) is 10.8 Å². The van der Waals surface area contributed by atoms with Crippen molar-refractivity contribution in [2.24, 2.45) is 10.8 Å². The number of hydrogen-bond acceptors (Lipinski definition) is 6. The van der Waals surface area contributed by atoms with Crippen molar-refractivity contribution in [1.82, 2.24) is 0 Å². The van der Waals surface area contributed by atoms with Gasteiger partial charge in [0.15, 0.2) is 23.3 Å². The van der Waals surface area contributed by atoms with E-state index in [4.69, 9.17) is 18.9 Å². The predicted octanol–water partition coefficient (Wildman–Crippen LogP) is 22.4. The monoisotopic (exact) mass is 1320 g/mol. The summed E-state index contributed by atoms with van der Waals surface area (Å²) in [5.41, 5.74) is 21.7. The molecule has 2 aliphatic carbocycles. The zero-order valence-electron chi connectivity index (χ0n) is 56.9. The van der Waals surface area contributed by atoms with Crippen molar-refractivity contribution in [3.8, 4) is 44.9 Å². The van der Waals surface area contributed by atoms with E-state index in [9.17, 15) is 0 Å². The summed E-state index contributed by atoms with van der Waals surface area (Å²) in [6, 6.07) is 84.8. The largest absolute Gasteiger partial charge is 0.493 e. The normalized spacial score (nSPS) is 17.3. The lowest BCUT2D eigenvalue weighted by atomic mass is 9.66. The van der Waals surface area contributed by atoms with Gasteiger partial charge in [-0.05, 0) is 227 Å². The van der Waals surface area contributed by atoms with Gasteiger partial charge in [-0.3, -0.25) is 0 Å². The summed E-state index contributed by atoms with van der Waals surface area (Å²) in [6.45, 7) is 16.9. The molecule has 12 aromatic rings. The Morgan fingerprint density at radius 1 is 0.330 bits per heavy atom. The van der Waals surface area contributed by atoms with Gasteiger partial charge in [0.2, 0.25) is 0 Å². The number of hydrogen-bond donors (Lipinski definition) is 0. The number of benzene rings is 12. The number of nitrogens with zero attached hydrogens (tertiary/aromatic N) is 2. The van der Waals surface area contributed by atoms with Crippen molar-refractivity contribution < 1.29 is 36.5 Å². The van der Waals surface area contributed by atoms with Gasteiger partial charge < -0.3 is 28.7 Å². The molecule has 0 radical (unpaired) electrons. The maximum atomic E-state index is 15.8. The quantitative estimate of drug-likeness (QED) is 0.0752. The average molecular weight is 1330 g/mol. The molecular weight excluding hydrogens is 1250 g/mol. The van der Waals surface area contributed by atoms with Gasteiger partial charge in [-0.25, -0.2) is 17.6 Å². The topological polar surface area (TPSA) is 43.4 Å². The second-order valence-corrected chi connectivity index (χ2v) is 28.0. The molecule has 2 fully saturated rings. The fraction of sp³-hybridized carbons (Fsp3) is 0.200. The molecule has 0 saturated carbocycles. The first-order chi connectivity index (χ1) is 48.6. The number of rotatable bonds is 19. The summed E-state index contributed by atoms with van der Waals surface area (Å²) in [5, 5.41) is 0. The Morgan fingerprint density at radius 3 is 1.04 bits per heavy atom. The Labute approximate surface area is 582 Å². The number of aryl methyl sites for hydroxylation is 4. The molecule has 2 unspecified atom stereocenters. The van der Waals surface area contributed by atoms with E-state index in [0.29, 0.717) is 51.0 Å². The molecule has 0 aromatic heterocycles. The lowest BCUT2D eigenvalue weighted by molar-refractivity contribution is -0.133. The van der Waals surface area contributed by atoms with Crippen molar-refractivity contribution in [3.63, 3.8) is 0 Å². The SMILES string of the molecule is CCC1(COc2ccc(C3(c4cc(C)ccc4C)c4ccccc4-c4ccc(N(c5ccc(-c6ccc(N(c7ccc(F)c(F)c7)c7ccc8c(c7)C(c7ccc(OCC9(CC)COC9)cc7)(c7cc(C)ccc7C)c7ccccc7-8)cc6)cc5)c5ccc(F)c(F)c5)cc43)cc2)COC1. The highest BCUT2D eigenvalue weighted by atomic mass is 19.2. The van der Waals surface area contributed by atoms with Crippen LogP contribution in [-0.4, -0.2) is 39.6 Å². The predicted molar refractivity (Wildman–Crippen MR) is 393 cm³/mol. The molecule has 2 atom stereocenters. The summed E-state index contributed by atoms with van der Waals surface area (Å²) >= 11 is 0. The van der Waals surface area contributed by atoms with Gasteiger partial charge in [-0.2, -0.15) is 0 Å². The molecule has 6 nitrogen and oxygen atoms in total. The minimum absolute atomic E-state index is 0.0117. The van der Waals surface area contributed by atoms with Gasteiger partial charge in [0.05, 0.1) is 61.3 Å². The fourth-order valence-corrected chi connectivity index (χ4v) is 16.0. The van der Waals surface area contributed by atoms with Crippen molar-refractivity contribution in [2.45, 2.75) is 65.2 Å². The number of fused-ring (bicyclic) bond motifs is 6. The third-order valence-electron chi connectivity index (χ3n) is 21.9. The number of halogens is 4. The molecule has 0 amide bonds. The van der Waals surface area contributed by atoms with Crippen molar-refractivity contribution >= 4 is 34.1 Å². The first-order valence-corrected chi connectivity index (χ1v) is 34.6. The molecule has 0 spiro atoms. The van der Waals surface area contributed by atoms with E-state index in [1.807, 2.05) is 58.3 Å². The Hall–Kier alpha value is -10.5. The summed E-state index contributed by atoms with van der Waals surface area (Å²) < 4.78 is 86.0. The van der Waals surface area contributed by atoms with Gasteiger partial charge >= 0.3 is 0 Å². The first kappa shape index (κ1) is 64.2. The number of ether oxygens (including phenoxy) is 4. The van der Waals surface area contributed by atoms with E-state index < -0.39 is 34.1 Å². The second-order valence-electron chi connectivity index (χ2n) is 28.0. The van der Waals surface area contributed by atoms with Crippen LogP contribution in [0.15, 0.2) is 255 Å². The highest BCUT2D eigenvalue weighted by Crippen LogP contribution is 2.60. The zero-order chi connectivity index (χ0) is 68.7. The Bertz CT molecular complexity index is 4790. The molecule has 16 rings (SSSR count). The minimum Gasteiger partial charge on any atom is -0.493 e. The zero-order valence-corrected chi connectivity index (χ0v) is 56.9. The third kappa shape index (κ3) is 10.7. The van der Waals surface area contributed by atoms with Crippen LogP contribution in [0.4, 0.5) is 51.7 Å². The van der Waals surface area contributed by atoms with Gasteiger partial charge in [0, 0.05) is 46.3 Å². The van der Waals surface area contributed by atoms with Crippen LogP contribution in [0.2, 0.25) is 0 Å². The molecule has 2 aliphatic heterocycles. The maximum Gasteiger partial charge on any atom is 0.160 e. The molecule has 12 aromatic carbocycles. The van der Waals surface area contributed by atoms with Crippen molar-refractivity contribution in [2.75, 3.05) is 49.4 Å². The van der Waals surface area contributed by atoms with E-state index in [1.54, 1.807) is 12.1 Å². The molecule has 0 N–H and O–H groups in total.